The maximum Gasteiger partial charge on any atom is 0.222 e. The highest BCUT2D eigenvalue weighted by Crippen LogP contribution is 2.18. The quantitative estimate of drug-likeness (QED) is 0.763. The summed E-state index contributed by atoms with van der Waals surface area (Å²) >= 11 is 0. The van der Waals surface area contributed by atoms with Crippen LogP contribution in [-0.2, 0) is 4.79 Å². The van der Waals surface area contributed by atoms with Crippen molar-refractivity contribution >= 4 is 5.91 Å². The lowest BCUT2D eigenvalue weighted by molar-refractivity contribution is -0.134. The summed E-state index contributed by atoms with van der Waals surface area (Å²) in [6.07, 6.45) is 6.60. The van der Waals surface area contributed by atoms with E-state index in [2.05, 4.69) is 0 Å². The minimum absolute atomic E-state index is 0.0419. The molecule has 1 amide bonds. The summed E-state index contributed by atoms with van der Waals surface area (Å²) in [6.45, 7) is 2.87. The third-order valence-electron chi connectivity index (χ3n) is 3.46. The predicted octanol–water partition coefficient (Wildman–Crippen LogP) is 1.27. The maximum atomic E-state index is 12.1. The van der Waals surface area contributed by atoms with Gasteiger partial charge in [0.05, 0.1) is 12.6 Å². The molecule has 0 radical (unpaired) electrons. The van der Waals surface area contributed by atoms with Crippen LogP contribution in [0.1, 0.15) is 51.9 Å². The molecule has 4 nitrogen and oxygen atoms in total. The first kappa shape index (κ1) is 14.5. The Morgan fingerprint density at radius 2 is 2.24 bits per heavy atom. The number of nitrogens with two attached hydrogens (primary N) is 1. The smallest absolute Gasteiger partial charge is 0.222 e. The standard InChI is InChI=1S/C13H26N2O2/c1-11(14)6-5-8-13(17)15-9-4-2-3-7-12(15)10-16/h11-12,16H,2-10,14H2,1H3. The molecule has 1 heterocycles. The van der Waals surface area contributed by atoms with Gasteiger partial charge in [-0.3, -0.25) is 4.79 Å². The number of carbonyl (C=O) groups excluding carboxylic acids is 1. The fraction of sp³-hybridized carbons (Fsp3) is 0.923. The molecule has 0 spiro atoms. The van der Waals surface area contributed by atoms with Crippen LogP contribution in [0.5, 0.6) is 0 Å². The molecule has 0 saturated carbocycles. The number of nitrogens with zero attached hydrogens (tertiary/aromatic N) is 1. The number of likely N-dealkylation sites (tertiary alicyclic amines) is 1. The van der Waals surface area contributed by atoms with Crippen molar-refractivity contribution in [2.45, 2.75) is 64.0 Å². The van der Waals surface area contributed by atoms with Gasteiger partial charge in [-0.15, -0.1) is 0 Å². The van der Waals surface area contributed by atoms with Crippen molar-refractivity contribution in [3.8, 4) is 0 Å². The van der Waals surface area contributed by atoms with Gasteiger partial charge < -0.3 is 15.7 Å². The molecule has 1 aliphatic rings. The lowest BCUT2D eigenvalue weighted by atomic mass is 10.1. The predicted molar refractivity (Wildman–Crippen MR) is 68.6 cm³/mol. The van der Waals surface area contributed by atoms with Gasteiger partial charge in [0.2, 0.25) is 5.91 Å². The molecule has 0 aromatic heterocycles. The molecule has 2 unspecified atom stereocenters. The van der Waals surface area contributed by atoms with E-state index in [1.54, 1.807) is 0 Å². The summed E-state index contributed by atoms with van der Waals surface area (Å²) in [7, 11) is 0. The molecule has 0 aromatic rings. The first-order chi connectivity index (χ1) is 8.15. The zero-order valence-corrected chi connectivity index (χ0v) is 10.9. The van der Waals surface area contributed by atoms with Gasteiger partial charge in [0.25, 0.3) is 0 Å². The first-order valence-corrected chi connectivity index (χ1v) is 6.81. The lowest BCUT2D eigenvalue weighted by Crippen LogP contribution is -2.42. The Kier molecular flexibility index (Phi) is 6.52. The molecule has 100 valence electrons. The van der Waals surface area contributed by atoms with Gasteiger partial charge in [0, 0.05) is 19.0 Å². The van der Waals surface area contributed by atoms with E-state index >= 15 is 0 Å². The maximum absolute atomic E-state index is 12.1. The van der Waals surface area contributed by atoms with Gasteiger partial charge in [-0.05, 0) is 32.6 Å². The fourth-order valence-electron chi connectivity index (χ4n) is 2.41. The summed E-state index contributed by atoms with van der Waals surface area (Å²) in [5.74, 6) is 0.187. The van der Waals surface area contributed by atoms with Crippen LogP contribution in [0.25, 0.3) is 0 Å². The molecular weight excluding hydrogens is 216 g/mol. The van der Waals surface area contributed by atoms with E-state index in [0.29, 0.717) is 6.42 Å². The summed E-state index contributed by atoms with van der Waals surface area (Å²) in [4.78, 5) is 14.0. The Morgan fingerprint density at radius 3 is 2.88 bits per heavy atom. The Labute approximate surface area is 104 Å². The number of aliphatic hydroxyl groups is 1. The van der Waals surface area contributed by atoms with Crippen molar-refractivity contribution in [2.75, 3.05) is 13.2 Å². The third-order valence-corrected chi connectivity index (χ3v) is 3.46. The second-order valence-corrected chi connectivity index (χ2v) is 5.14. The Bertz CT molecular complexity index is 231. The molecule has 17 heavy (non-hydrogen) atoms. The first-order valence-electron chi connectivity index (χ1n) is 6.81. The minimum Gasteiger partial charge on any atom is -0.394 e. The third kappa shape index (κ3) is 5.04. The van der Waals surface area contributed by atoms with Crippen LogP contribution in [-0.4, -0.2) is 41.1 Å². The van der Waals surface area contributed by atoms with Crippen LogP contribution >= 0.6 is 0 Å². The highest BCUT2D eigenvalue weighted by molar-refractivity contribution is 5.76. The Balaban J connectivity index is 2.40. The van der Waals surface area contributed by atoms with Crippen LogP contribution in [0.4, 0.5) is 0 Å². The van der Waals surface area contributed by atoms with Gasteiger partial charge >= 0.3 is 0 Å². The number of hydrogen-bond acceptors (Lipinski definition) is 3. The topological polar surface area (TPSA) is 66.6 Å². The highest BCUT2D eigenvalue weighted by Gasteiger charge is 2.24. The average molecular weight is 242 g/mol. The molecular formula is C13H26N2O2. The number of amides is 1. The van der Waals surface area contributed by atoms with E-state index in [1.807, 2.05) is 11.8 Å². The van der Waals surface area contributed by atoms with Crippen LogP contribution in [0.3, 0.4) is 0 Å². The summed E-state index contributed by atoms with van der Waals surface area (Å²) in [5, 5.41) is 9.34. The zero-order valence-electron chi connectivity index (χ0n) is 10.9. The van der Waals surface area contributed by atoms with Crippen molar-refractivity contribution < 1.29 is 9.90 Å². The summed E-state index contributed by atoms with van der Waals surface area (Å²) < 4.78 is 0. The minimum atomic E-state index is 0.0419. The molecule has 0 aliphatic carbocycles. The Morgan fingerprint density at radius 1 is 1.47 bits per heavy atom. The van der Waals surface area contributed by atoms with Gasteiger partial charge in [0.15, 0.2) is 0 Å². The summed E-state index contributed by atoms with van der Waals surface area (Å²) in [6, 6.07) is 0.209. The average Bonchev–Trinajstić information content (AvgIpc) is 2.52. The molecule has 0 aromatic carbocycles. The zero-order chi connectivity index (χ0) is 12.7. The van der Waals surface area contributed by atoms with Crippen LogP contribution < -0.4 is 5.73 Å². The van der Waals surface area contributed by atoms with E-state index in [-0.39, 0.29) is 24.6 Å². The van der Waals surface area contributed by atoms with Gasteiger partial charge in [-0.25, -0.2) is 0 Å². The van der Waals surface area contributed by atoms with E-state index in [4.69, 9.17) is 5.73 Å². The molecule has 4 heteroatoms. The Hall–Kier alpha value is -0.610. The van der Waals surface area contributed by atoms with E-state index in [0.717, 1.165) is 38.6 Å². The second-order valence-electron chi connectivity index (χ2n) is 5.14. The van der Waals surface area contributed by atoms with Crippen molar-refractivity contribution in [1.29, 1.82) is 0 Å². The van der Waals surface area contributed by atoms with Gasteiger partial charge in [0.1, 0.15) is 0 Å². The normalized spacial score (nSPS) is 23.2. The molecule has 3 N–H and O–H groups in total. The van der Waals surface area contributed by atoms with E-state index in [9.17, 15) is 9.90 Å². The van der Waals surface area contributed by atoms with Crippen molar-refractivity contribution in [1.82, 2.24) is 4.90 Å². The van der Waals surface area contributed by atoms with Crippen LogP contribution in [0.15, 0.2) is 0 Å². The largest absolute Gasteiger partial charge is 0.394 e. The number of carbonyl (C=O) groups is 1. The van der Waals surface area contributed by atoms with Gasteiger partial charge in [-0.2, -0.15) is 0 Å². The second kappa shape index (κ2) is 7.67. The van der Waals surface area contributed by atoms with Crippen LogP contribution in [0, 0.1) is 0 Å². The van der Waals surface area contributed by atoms with Crippen molar-refractivity contribution in [2.24, 2.45) is 5.73 Å². The number of rotatable bonds is 5. The molecule has 1 fully saturated rings. The highest BCUT2D eigenvalue weighted by atomic mass is 16.3. The molecule has 1 saturated heterocycles. The monoisotopic (exact) mass is 242 g/mol. The van der Waals surface area contributed by atoms with Crippen molar-refractivity contribution in [3.63, 3.8) is 0 Å². The van der Waals surface area contributed by atoms with E-state index < -0.39 is 0 Å². The van der Waals surface area contributed by atoms with Crippen LogP contribution in [0.2, 0.25) is 0 Å². The fourth-order valence-corrected chi connectivity index (χ4v) is 2.41. The SMILES string of the molecule is CC(N)CCCC(=O)N1CCCCCC1CO. The van der Waals surface area contributed by atoms with Crippen molar-refractivity contribution in [3.05, 3.63) is 0 Å². The lowest BCUT2D eigenvalue weighted by Gasteiger charge is -2.28. The molecule has 0 bridgehead atoms. The molecule has 1 aliphatic heterocycles. The number of aliphatic hydroxyl groups excluding tert-OH is 1. The molecule has 1 rings (SSSR count). The number of hydrogen-bond donors (Lipinski definition) is 2. The molecule has 2 atom stereocenters. The van der Waals surface area contributed by atoms with E-state index in [1.165, 1.54) is 6.42 Å². The van der Waals surface area contributed by atoms with Gasteiger partial charge in [-0.1, -0.05) is 12.8 Å². The summed E-state index contributed by atoms with van der Waals surface area (Å²) in [5.41, 5.74) is 5.67.